The predicted octanol–water partition coefficient (Wildman–Crippen LogP) is 2.14. The second-order valence-electron chi connectivity index (χ2n) is 6.31. The number of amides is 1. The van der Waals surface area contributed by atoms with Crippen LogP contribution in [0.2, 0.25) is 0 Å². The number of nitrogens with one attached hydrogen (secondary N) is 1. The van der Waals surface area contributed by atoms with Gasteiger partial charge in [0.1, 0.15) is 0 Å². The Morgan fingerprint density at radius 1 is 1.15 bits per heavy atom. The first-order chi connectivity index (χ1) is 12.8. The molecule has 2 aromatic carbocycles. The van der Waals surface area contributed by atoms with Crippen molar-refractivity contribution in [2.75, 3.05) is 11.6 Å². The van der Waals surface area contributed by atoms with Crippen molar-refractivity contribution >= 4 is 32.3 Å². The molecule has 0 unspecified atom stereocenters. The number of aryl methyl sites for hydroxylation is 2. The van der Waals surface area contributed by atoms with Gasteiger partial charge in [-0.3, -0.25) is 14.2 Å². The monoisotopic (exact) mass is 385 g/mol. The Balaban J connectivity index is 1.68. The van der Waals surface area contributed by atoms with Gasteiger partial charge in [0, 0.05) is 24.9 Å². The first-order valence-corrected chi connectivity index (χ1v) is 10.2. The summed E-state index contributed by atoms with van der Waals surface area (Å²) < 4.78 is 24.3. The lowest BCUT2D eigenvalue weighted by Gasteiger charge is -2.09. The van der Waals surface area contributed by atoms with Crippen LogP contribution >= 0.6 is 0 Å². The van der Waals surface area contributed by atoms with Crippen LogP contribution in [0, 0.1) is 6.92 Å². The van der Waals surface area contributed by atoms with Gasteiger partial charge in [-0.15, -0.1) is 0 Å². The highest BCUT2D eigenvalue weighted by Gasteiger charge is 2.10. The molecular formula is C19H19N3O4S. The normalized spacial score (nSPS) is 11.5. The molecule has 0 spiro atoms. The summed E-state index contributed by atoms with van der Waals surface area (Å²) >= 11 is 0. The molecule has 0 aliphatic rings. The third kappa shape index (κ3) is 4.22. The first kappa shape index (κ1) is 18.8. The number of anilines is 1. The fraction of sp³-hybridized carbons (Fsp3) is 0.211. The largest absolute Gasteiger partial charge is 0.326 e. The van der Waals surface area contributed by atoms with E-state index in [0.29, 0.717) is 16.6 Å². The highest BCUT2D eigenvalue weighted by molar-refractivity contribution is 7.90. The van der Waals surface area contributed by atoms with Crippen LogP contribution in [0.25, 0.3) is 10.9 Å². The maximum Gasteiger partial charge on any atom is 0.261 e. The van der Waals surface area contributed by atoms with E-state index in [1.54, 1.807) is 12.1 Å². The molecule has 1 N–H and O–H groups in total. The second kappa shape index (κ2) is 7.32. The molecule has 3 rings (SSSR count). The zero-order valence-electron chi connectivity index (χ0n) is 15.0. The van der Waals surface area contributed by atoms with Gasteiger partial charge in [-0.1, -0.05) is 12.1 Å². The van der Waals surface area contributed by atoms with Crippen LogP contribution in [-0.2, 0) is 21.2 Å². The summed E-state index contributed by atoms with van der Waals surface area (Å²) in [6.07, 6.45) is 2.66. The van der Waals surface area contributed by atoms with Gasteiger partial charge < -0.3 is 5.32 Å². The van der Waals surface area contributed by atoms with Crippen LogP contribution in [-0.4, -0.2) is 30.1 Å². The first-order valence-electron chi connectivity index (χ1n) is 8.30. The Morgan fingerprint density at radius 3 is 2.52 bits per heavy atom. The zero-order valence-corrected chi connectivity index (χ0v) is 15.8. The Bertz CT molecular complexity index is 1170. The Labute approximate surface area is 156 Å². The van der Waals surface area contributed by atoms with Crippen molar-refractivity contribution in [2.45, 2.75) is 24.8 Å². The number of hydrogen-bond donors (Lipinski definition) is 1. The van der Waals surface area contributed by atoms with Crippen molar-refractivity contribution in [2.24, 2.45) is 0 Å². The molecule has 0 saturated heterocycles. The molecular weight excluding hydrogens is 366 g/mol. The molecule has 0 atom stereocenters. The van der Waals surface area contributed by atoms with Crippen molar-refractivity contribution in [3.05, 3.63) is 64.7 Å². The number of sulfone groups is 1. The summed E-state index contributed by atoms with van der Waals surface area (Å²) in [6.45, 7) is 2.09. The summed E-state index contributed by atoms with van der Waals surface area (Å²) in [6, 6.07) is 11.3. The number of carbonyl (C=O) groups excluding carboxylic acids is 1. The summed E-state index contributed by atoms with van der Waals surface area (Å²) in [5.74, 6) is -0.279. The number of fused-ring (bicyclic) bond motifs is 1. The third-order valence-electron chi connectivity index (χ3n) is 4.20. The van der Waals surface area contributed by atoms with Crippen LogP contribution < -0.4 is 10.9 Å². The number of hydrogen-bond acceptors (Lipinski definition) is 5. The summed E-state index contributed by atoms with van der Waals surface area (Å²) in [5, 5.41) is 3.21. The van der Waals surface area contributed by atoms with E-state index < -0.39 is 9.84 Å². The Kier molecular flexibility index (Phi) is 5.09. The predicted molar refractivity (Wildman–Crippen MR) is 104 cm³/mol. The average molecular weight is 385 g/mol. The number of nitrogens with zero attached hydrogens (tertiary/aromatic N) is 2. The number of carbonyl (C=O) groups is 1. The van der Waals surface area contributed by atoms with Crippen molar-refractivity contribution in [1.82, 2.24) is 9.55 Å². The standard InChI is InChI=1S/C19H19N3O4S/c1-13-4-3-5-16-18(13)20-12-22(19(16)24)11-10-17(23)21-14-6-8-15(9-7-14)27(2,25)26/h3-9,12H,10-11H2,1-2H3,(H,21,23). The molecule has 27 heavy (non-hydrogen) atoms. The van der Waals surface area contributed by atoms with Crippen LogP contribution in [0.3, 0.4) is 0 Å². The van der Waals surface area contributed by atoms with Crippen molar-refractivity contribution in [3.8, 4) is 0 Å². The number of rotatable bonds is 5. The van der Waals surface area contributed by atoms with Crippen molar-refractivity contribution < 1.29 is 13.2 Å². The molecule has 0 aliphatic carbocycles. The zero-order chi connectivity index (χ0) is 19.6. The summed E-state index contributed by atoms with van der Waals surface area (Å²) in [7, 11) is -3.28. The summed E-state index contributed by atoms with van der Waals surface area (Å²) in [4.78, 5) is 29.1. The molecule has 8 heteroatoms. The van der Waals surface area contributed by atoms with Crippen molar-refractivity contribution in [3.63, 3.8) is 0 Å². The van der Waals surface area contributed by atoms with Gasteiger partial charge in [0.05, 0.1) is 22.1 Å². The van der Waals surface area contributed by atoms with E-state index in [1.807, 2.05) is 13.0 Å². The van der Waals surface area contributed by atoms with Crippen LogP contribution in [0.4, 0.5) is 5.69 Å². The van der Waals surface area contributed by atoms with Crippen LogP contribution in [0.1, 0.15) is 12.0 Å². The Morgan fingerprint density at radius 2 is 1.85 bits per heavy atom. The van der Waals surface area contributed by atoms with E-state index in [9.17, 15) is 18.0 Å². The highest BCUT2D eigenvalue weighted by atomic mass is 32.2. The number of para-hydroxylation sites is 1. The summed E-state index contributed by atoms with van der Waals surface area (Å²) in [5.41, 5.74) is 1.89. The lowest BCUT2D eigenvalue weighted by atomic mass is 10.1. The van der Waals surface area contributed by atoms with E-state index in [2.05, 4.69) is 10.3 Å². The number of benzene rings is 2. The van der Waals surface area contributed by atoms with E-state index in [1.165, 1.54) is 35.2 Å². The SMILES string of the molecule is Cc1cccc2c(=O)n(CCC(=O)Nc3ccc(S(C)(=O)=O)cc3)cnc12. The van der Waals surface area contributed by atoms with Gasteiger partial charge in [0.15, 0.2) is 9.84 Å². The van der Waals surface area contributed by atoms with Crippen molar-refractivity contribution in [1.29, 1.82) is 0 Å². The molecule has 3 aromatic rings. The lowest BCUT2D eigenvalue weighted by Crippen LogP contribution is -2.23. The fourth-order valence-electron chi connectivity index (χ4n) is 2.73. The topological polar surface area (TPSA) is 98.1 Å². The quantitative estimate of drug-likeness (QED) is 0.726. The maximum atomic E-state index is 12.5. The molecule has 1 amide bonds. The molecule has 1 aromatic heterocycles. The van der Waals surface area contributed by atoms with Gasteiger partial charge >= 0.3 is 0 Å². The van der Waals surface area contributed by atoms with E-state index in [-0.39, 0.29) is 29.3 Å². The molecule has 0 bridgehead atoms. The molecule has 0 saturated carbocycles. The van der Waals surface area contributed by atoms with Crippen LogP contribution in [0.15, 0.2) is 58.5 Å². The van der Waals surface area contributed by atoms with Crippen LogP contribution in [0.5, 0.6) is 0 Å². The molecule has 0 radical (unpaired) electrons. The number of aromatic nitrogens is 2. The second-order valence-corrected chi connectivity index (χ2v) is 8.32. The average Bonchev–Trinajstić information content (AvgIpc) is 2.61. The molecule has 0 aliphatic heterocycles. The Hall–Kier alpha value is -3.00. The molecule has 7 nitrogen and oxygen atoms in total. The minimum Gasteiger partial charge on any atom is -0.326 e. The molecule has 140 valence electrons. The minimum atomic E-state index is -3.28. The molecule has 1 heterocycles. The smallest absolute Gasteiger partial charge is 0.261 e. The van der Waals surface area contributed by atoms with E-state index in [4.69, 9.17) is 0 Å². The van der Waals surface area contributed by atoms with Gasteiger partial charge in [0.25, 0.3) is 5.56 Å². The van der Waals surface area contributed by atoms with E-state index >= 15 is 0 Å². The minimum absolute atomic E-state index is 0.0900. The lowest BCUT2D eigenvalue weighted by molar-refractivity contribution is -0.116. The van der Waals surface area contributed by atoms with Gasteiger partial charge in [-0.05, 0) is 42.8 Å². The van der Waals surface area contributed by atoms with Gasteiger partial charge in [0.2, 0.25) is 5.91 Å². The highest BCUT2D eigenvalue weighted by Crippen LogP contribution is 2.14. The van der Waals surface area contributed by atoms with Gasteiger partial charge in [-0.2, -0.15) is 0 Å². The maximum absolute atomic E-state index is 12.5. The van der Waals surface area contributed by atoms with E-state index in [0.717, 1.165) is 11.8 Å². The van der Waals surface area contributed by atoms with Gasteiger partial charge in [-0.25, -0.2) is 13.4 Å². The fourth-order valence-corrected chi connectivity index (χ4v) is 3.36. The third-order valence-corrected chi connectivity index (χ3v) is 5.33. The molecule has 0 fully saturated rings.